The summed E-state index contributed by atoms with van der Waals surface area (Å²) in [5.41, 5.74) is 1.84. The highest BCUT2D eigenvalue weighted by Crippen LogP contribution is 2.31. The van der Waals surface area contributed by atoms with E-state index in [4.69, 9.17) is 4.74 Å². The number of halogens is 3. The number of carbonyl (C=O) groups is 2. The number of alkyl halides is 3. The SMILES string of the molecule is O=C(Cc1csc(-c2ccc(C(F)(F)F)cc2)n1)Nc1ccc(CC(=O)N2CCOCC2)cc1. The Labute approximate surface area is 198 Å². The van der Waals surface area contributed by atoms with Crippen LogP contribution in [0.15, 0.2) is 53.9 Å². The topological polar surface area (TPSA) is 71.5 Å². The van der Waals surface area contributed by atoms with Crippen molar-refractivity contribution in [1.82, 2.24) is 9.88 Å². The number of carbonyl (C=O) groups excluding carboxylic acids is 2. The Kier molecular flexibility index (Phi) is 7.28. The van der Waals surface area contributed by atoms with Crippen molar-refractivity contribution in [3.05, 3.63) is 70.7 Å². The second-order valence-corrected chi connectivity index (χ2v) is 8.67. The Balaban J connectivity index is 1.30. The summed E-state index contributed by atoms with van der Waals surface area (Å²) in [5, 5.41) is 5.06. The molecule has 0 unspecified atom stereocenters. The van der Waals surface area contributed by atoms with Gasteiger partial charge in [-0.2, -0.15) is 13.2 Å². The molecule has 2 aromatic carbocycles. The molecule has 1 saturated heterocycles. The van der Waals surface area contributed by atoms with E-state index in [-0.39, 0.29) is 18.2 Å². The van der Waals surface area contributed by atoms with E-state index < -0.39 is 11.7 Å². The van der Waals surface area contributed by atoms with Crippen molar-refractivity contribution in [3.8, 4) is 10.6 Å². The Hall–Kier alpha value is -3.24. The first kappa shape index (κ1) is 23.9. The maximum Gasteiger partial charge on any atom is 0.416 e. The van der Waals surface area contributed by atoms with Gasteiger partial charge in [0.25, 0.3) is 0 Å². The Morgan fingerprint density at radius 2 is 1.68 bits per heavy atom. The standard InChI is InChI=1S/C24H22F3N3O3S/c25-24(26,27)18-5-3-17(4-6-18)23-29-20(15-34-23)14-21(31)28-19-7-1-16(2-8-19)13-22(32)30-9-11-33-12-10-30/h1-8,15H,9-14H2,(H,28,31). The largest absolute Gasteiger partial charge is 0.416 e. The number of nitrogens with one attached hydrogen (secondary N) is 1. The van der Waals surface area contributed by atoms with Crippen molar-refractivity contribution in [2.45, 2.75) is 19.0 Å². The molecule has 4 rings (SSSR count). The van der Waals surface area contributed by atoms with Crippen LogP contribution in [0, 0.1) is 0 Å². The number of thiazole rings is 1. The highest BCUT2D eigenvalue weighted by Gasteiger charge is 2.30. The second-order valence-electron chi connectivity index (χ2n) is 7.81. The van der Waals surface area contributed by atoms with E-state index in [0.717, 1.165) is 17.7 Å². The molecule has 0 spiro atoms. The van der Waals surface area contributed by atoms with E-state index in [1.165, 1.54) is 23.5 Å². The summed E-state index contributed by atoms with van der Waals surface area (Å²) in [6.45, 7) is 2.32. The van der Waals surface area contributed by atoms with Gasteiger partial charge in [0.1, 0.15) is 5.01 Å². The number of nitrogens with zero attached hydrogens (tertiary/aromatic N) is 2. The van der Waals surface area contributed by atoms with Crippen molar-refractivity contribution in [2.75, 3.05) is 31.6 Å². The highest BCUT2D eigenvalue weighted by atomic mass is 32.1. The summed E-state index contributed by atoms with van der Waals surface area (Å²) in [7, 11) is 0. The molecule has 1 fully saturated rings. The first-order chi connectivity index (χ1) is 16.3. The van der Waals surface area contributed by atoms with E-state index in [2.05, 4.69) is 10.3 Å². The molecule has 0 bridgehead atoms. The van der Waals surface area contributed by atoms with Gasteiger partial charge in [-0.3, -0.25) is 9.59 Å². The van der Waals surface area contributed by atoms with Crippen LogP contribution in [0.1, 0.15) is 16.8 Å². The fourth-order valence-electron chi connectivity index (χ4n) is 3.50. The molecule has 0 aliphatic carbocycles. The predicted molar refractivity (Wildman–Crippen MR) is 122 cm³/mol. The van der Waals surface area contributed by atoms with E-state index in [9.17, 15) is 22.8 Å². The Bertz CT molecular complexity index is 1140. The van der Waals surface area contributed by atoms with Crippen molar-refractivity contribution in [1.29, 1.82) is 0 Å². The molecule has 2 amide bonds. The number of hydrogen-bond acceptors (Lipinski definition) is 5. The normalized spacial score (nSPS) is 14.1. The minimum atomic E-state index is -4.39. The van der Waals surface area contributed by atoms with Gasteiger partial charge >= 0.3 is 6.18 Å². The molecule has 2 heterocycles. The van der Waals surface area contributed by atoms with Crippen LogP contribution in [0.25, 0.3) is 10.6 Å². The number of ether oxygens (including phenoxy) is 1. The van der Waals surface area contributed by atoms with Crippen LogP contribution in [0.3, 0.4) is 0 Å². The minimum absolute atomic E-state index is 0.0361. The molecule has 3 aromatic rings. The van der Waals surface area contributed by atoms with Crippen LogP contribution in [0.5, 0.6) is 0 Å². The second kappa shape index (κ2) is 10.4. The molecule has 1 aromatic heterocycles. The van der Waals surface area contributed by atoms with Crippen LogP contribution < -0.4 is 5.32 Å². The molecule has 10 heteroatoms. The number of benzene rings is 2. The average Bonchev–Trinajstić information content (AvgIpc) is 3.28. The third-order valence-corrected chi connectivity index (χ3v) is 6.25. The van der Waals surface area contributed by atoms with E-state index in [1.54, 1.807) is 34.5 Å². The summed E-state index contributed by atoms with van der Waals surface area (Å²) in [6.07, 6.45) is -4.06. The fourth-order valence-corrected chi connectivity index (χ4v) is 4.32. The monoisotopic (exact) mass is 489 g/mol. The molecular weight excluding hydrogens is 467 g/mol. The van der Waals surface area contributed by atoms with Crippen LogP contribution in [-0.4, -0.2) is 48.0 Å². The van der Waals surface area contributed by atoms with Crippen molar-refractivity contribution >= 4 is 28.8 Å². The fraction of sp³-hybridized carbons (Fsp3) is 0.292. The summed E-state index contributed by atoms with van der Waals surface area (Å²) < 4.78 is 43.4. The molecule has 0 saturated carbocycles. The van der Waals surface area contributed by atoms with Gasteiger partial charge in [-0.1, -0.05) is 24.3 Å². The van der Waals surface area contributed by atoms with Gasteiger partial charge in [-0.15, -0.1) is 11.3 Å². The number of morpholine rings is 1. The number of aromatic nitrogens is 1. The number of amides is 2. The van der Waals surface area contributed by atoms with Crippen LogP contribution in [-0.2, 0) is 33.3 Å². The molecule has 1 aliphatic rings. The lowest BCUT2D eigenvalue weighted by Crippen LogP contribution is -2.41. The third-order valence-electron chi connectivity index (χ3n) is 5.31. The van der Waals surface area contributed by atoms with E-state index in [1.807, 2.05) is 0 Å². The van der Waals surface area contributed by atoms with Crippen molar-refractivity contribution in [2.24, 2.45) is 0 Å². The Morgan fingerprint density at radius 1 is 1.00 bits per heavy atom. The number of anilines is 1. The zero-order valence-corrected chi connectivity index (χ0v) is 18.9. The quantitative estimate of drug-likeness (QED) is 0.557. The first-order valence-corrected chi connectivity index (χ1v) is 11.5. The summed E-state index contributed by atoms with van der Waals surface area (Å²) in [4.78, 5) is 30.9. The molecule has 178 valence electrons. The van der Waals surface area contributed by atoms with Gasteiger partial charge in [0.15, 0.2) is 0 Å². The summed E-state index contributed by atoms with van der Waals surface area (Å²) in [5.74, 6) is -0.214. The Morgan fingerprint density at radius 3 is 2.32 bits per heavy atom. The van der Waals surface area contributed by atoms with Crippen LogP contribution >= 0.6 is 11.3 Å². The number of hydrogen-bond donors (Lipinski definition) is 1. The van der Waals surface area contributed by atoms with Gasteiger partial charge in [-0.25, -0.2) is 4.98 Å². The lowest BCUT2D eigenvalue weighted by atomic mass is 10.1. The van der Waals surface area contributed by atoms with Crippen LogP contribution in [0.4, 0.5) is 18.9 Å². The van der Waals surface area contributed by atoms with Gasteiger partial charge in [-0.05, 0) is 29.8 Å². The molecule has 1 N–H and O–H groups in total. The predicted octanol–water partition coefficient (Wildman–Crippen LogP) is 4.41. The van der Waals surface area contributed by atoms with Gasteiger partial charge in [0.05, 0.1) is 37.3 Å². The van der Waals surface area contributed by atoms with Gasteiger partial charge < -0.3 is 15.0 Å². The summed E-state index contributed by atoms with van der Waals surface area (Å²) >= 11 is 1.27. The smallest absolute Gasteiger partial charge is 0.378 e. The van der Waals surface area contributed by atoms with E-state index in [0.29, 0.717) is 54.7 Å². The zero-order chi connectivity index (χ0) is 24.1. The average molecular weight is 490 g/mol. The van der Waals surface area contributed by atoms with Gasteiger partial charge in [0.2, 0.25) is 11.8 Å². The van der Waals surface area contributed by atoms with Crippen molar-refractivity contribution < 1.29 is 27.5 Å². The molecular formula is C24H22F3N3O3S. The first-order valence-electron chi connectivity index (χ1n) is 10.6. The lowest BCUT2D eigenvalue weighted by Gasteiger charge is -2.26. The van der Waals surface area contributed by atoms with Gasteiger partial charge in [0, 0.05) is 29.7 Å². The van der Waals surface area contributed by atoms with Crippen LogP contribution in [0.2, 0.25) is 0 Å². The van der Waals surface area contributed by atoms with Crippen molar-refractivity contribution in [3.63, 3.8) is 0 Å². The zero-order valence-electron chi connectivity index (χ0n) is 18.1. The molecule has 34 heavy (non-hydrogen) atoms. The van der Waals surface area contributed by atoms with E-state index >= 15 is 0 Å². The maximum absolute atomic E-state index is 12.7. The molecule has 1 aliphatic heterocycles. The third kappa shape index (κ3) is 6.21. The summed E-state index contributed by atoms with van der Waals surface area (Å²) in [6, 6.07) is 11.9. The molecule has 0 radical (unpaired) electrons. The molecule has 0 atom stereocenters. The minimum Gasteiger partial charge on any atom is -0.378 e. The molecule has 6 nitrogen and oxygen atoms in total. The lowest BCUT2D eigenvalue weighted by molar-refractivity contribution is -0.137. The maximum atomic E-state index is 12.7. The highest BCUT2D eigenvalue weighted by molar-refractivity contribution is 7.13. The number of rotatable bonds is 6.